The number of rotatable bonds is 3. The van der Waals surface area contributed by atoms with Crippen LogP contribution < -0.4 is 10.6 Å². The zero-order valence-electron chi connectivity index (χ0n) is 9.92. The first-order valence-electron chi connectivity index (χ1n) is 5.71. The fraction of sp³-hybridized carbons (Fsp3) is 0.583. The van der Waals surface area contributed by atoms with Gasteiger partial charge in [0.05, 0.1) is 23.8 Å². The van der Waals surface area contributed by atoms with Crippen molar-refractivity contribution in [3.05, 3.63) is 18.5 Å². The molecule has 0 radical (unpaired) electrons. The summed E-state index contributed by atoms with van der Waals surface area (Å²) in [7, 11) is 1.90. The largest absolute Gasteiger partial charge is 0.387 e. The molecule has 2 heterocycles. The van der Waals surface area contributed by atoms with Crippen molar-refractivity contribution in [2.24, 2.45) is 0 Å². The highest BCUT2D eigenvalue weighted by atomic mass is 16.5. The molecule has 1 aliphatic rings. The van der Waals surface area contributed by atoms with Crippen molar-refractivity contribution >= 4 is 11.4 Å². The molecule has 2 N–H and O–H groups in total. The summed E-state index contributed by atoms with van der Waals surface area (Å²) < 4.78 is 5.38. The summed E-state index contributed by atoms with van der Waals surface area (Å²) in [5, 5.41) is 6.64. The molecule has 0 bridgehead atoms. The first-order valence-corrected chi connectivity index (χ1v) is 5.71. The minimum atomic E-state index is 0.131. The number of ether oxygens (including phenoxy) is 1. The molecule has 0 atom stereocenters. The molecule has 1 aromatic rings. The van der Waals surface area contributed by atoms with E-state index >= 15 is 0 Å². The molecule has 0 spiro atoms. The lowest BCUT2D eigenvalue weighted by Gasteiger charge is -2.35. The average Bonchev–Trinajstić information content (AvgIpc) is 2.29. The van der Waals surface area contributed by atoms with E-state index in [1.165, 1.54) is 0 Å². The van der Waals surface area contributed by atoms with Gasteiger partial charge in [-0.05, 0) is 25.8 Å². The molecular weight excluding hydrogens is 202 g/mol. The fourth-order valence-corrected chi connectivity index (χ4v) is 1.94. The van der Waals surface area contributed by atoms with E-state index in [0.29, 0.717) is 0 Å². The van der Waals surface area contributed by atoms with Crippen molar-refractivity contribution < 1.29 is 4.74 Å². The lowest BCUT2D eigenvalue weighted by molar-refractivity contribution is 0.0658. The highest BCUT2D eigenvalue weighted by molar-refractivity contribution is 5.54. The molecule has 0 amide bonds. The van der Waals surface area contributed by atoms with E-state index in [-0.39, 0.29) is 5.54 Å². The van der Waals surface area contributed by atoms with E-state index in [1.54, 1.807) is 0 Å². The molecule has 88 valence electrons. The molecule has 4 heteroatoms. The number of hydrogen-bond acceptors (Lipinski definition) is 4. The van der Waals surface area contributed by atoms with Gasteiger partial charge in [-0.15, -0.1) is 0 Å². The lowest BCUT2D eigenvalue weighted by Crippen LogP contribution is -2.40. The fourth-order valence-electron chi connectivity index (χ4n) is 1.94. The van der Waals surface area contributed by atoms with Crippen LogP contribution in [0, 0.1) is 0 Å². The Balaban J connectivity index is 2.07. The summed E-state index contributed by atoms with van der Waals surface area (Å²) in [4.78, 5) is 4.20. The Morgan fingerprint density at radius 2 is 1.94 bits per heavy atom. The van der Waals surface area contributed by atoms with Crippen LogP contribution in [0.1, 0.15) is 19.8 Å². The monoisotopic (exact) mass is 221 g/mol. The summed E-state index contributed by atoms with van der Waals surface area (Å²) >= 11 is 0. The second kappa shape index (κ2) is 4.70. The van der Waals surface area contributed by atoms with Crippen molar-refractivity contribution in [2.45, 2.75) is 25.3 Å². The predicted molar refractivity (Wildman–Crippen MR) is 65.9 cm³/mol. The highest BCUT2D eigenvalue weighted by Gasteiger charge is 2.26. The van der Waals surface area contributed by atoms with E-state index in [4.69, 9.17) is 4.74 Å². The van der Waals surface area contributed by atoms with Crippen LogP contribution in [0.15, 0.2) is 18.5 Å². The van der Waals surface area contributed by atoms with Crippen LogP contribution >= 0.6 is 0 Å². The number of aromatic nitrogens is 1. The molecule has 0 aromatic carbocycles. The maximum absolute atomic E-state index is 5.38. The summed E-state index contributed by atoms with van der Waals surface area (Å²) in [6.45, 7) is 3.91. The van der Waals surface area contributed by atoms with Gasteiger partial charge in [0.15, 0.2) is 0 Å². The van der Waals surface area contributed by atoms with Crippen LogP contribution in [0.25, 0.3) is 0 Å². The molecule has 0 unspecified atom stereocenters. The number of nitrogens with one attached hydrogen (secondary N) is 2. The van der Waals surface area contributed by atoms with E-state index in [9.17, 15) is 0 Å². The Bertz CT molecular complexity index is 348. The van der Waals surface area contributed by atoms with Gasteiger partial charge in [-0.1, -0.05) is 0 Å². The zero-order valence-corrected chi connectivity index (χ0v) is 9.92. The lowest BCUT2D eigenvalue weighted by atomic mass is 9.92. The van der Waals surface area contributed by atoms with Crippen LogP contribution in [0.5, 0.6) is 0 Å². The second-order valence-electron chi connectivity index (χ2n) is 4.51. The summed E-state index contributed by atoms with van der Waals surface area (Å²) in [6.07, 6.45) is 5.76. The number of nitrogens with zero attached hydrogens (tertiary/aromatic N) is 1. The molecular formula is C12H19N3O. The quantitative estimate of drug-likeness (QED) is 0.820. The Morgan fingerprint density at radius 1 is 1.25 bits per heavy atom. The van der Waals surface area contributed by atoms with Gasteiger partial charge in [0.25, 0.3) is 0 Å². The van der Waals surface area contributed by atoms with Gasteiger partial charge in [0.2, 0.25) is 0 Å². The minimum Gasteiger partial charge on any atom is -0.387 e. The van der Waals surface area contributed by atoms with Crippen LogP contribution in [0.3, 0.4) is 0 Å². The van der Waals surface area contributed by atoms with Gasteiger partial charge in [-0.25, -0.2) is 0 Å². The predicted octanol–water partition coefficient (Wildman–Crippen LogP) is 2.10. The van der Waals surface area contributed by atoms with Gasteiger partial charge in [0, 0.05) is 25.8 Å². The van der Waals surface area contributed by atoms with Crippen LogP contribution in [0.2, 0.25) is 0 Å². The average molecular weight is 221 g/mol. The van der Waals surface area contributed by atoms with Crippen molar-refractivity contribution in [3.63, 3.8) is 0 Å². The molecule has 0 aliphatic carbocycles. The van der Waals surface area contributed by atoms with Crippen molar-refractivity contribution in [3.8, 4) is 0 Å². The molecule has 2 rings (SSSR count). The van der Waals surface area contributed by atoms with Crippen LogP contribution in [-0.4, -0.2) is 30.8 Å². The highest BCUT2D eigenvalue weighted by Crippen LogP contribution is 2.25. The SMILES string of the molecule is CNc1cncc(NC2(C)CCOCC2)c1. The van der Waals surface area contributed by atoms with E-state index in [2.05, 4.69) is 28.6 Å². The van der Waals surface area contributed by atoms with Crippen molar-refractivity contribution in [1.82, 2.24) is 4.98 Å². The second-order valence-corrected chi connectivity index (χ2v) is 4.51. The molecule has 0 saturated carbocycles. The number of anilines is 2. The summed E-state index contributed by atoms with van der Waals surface area (Å²) in [6, 6.07) is 2.08. The van der Waals surface area contributed by atoms with Gasteiger partial charge in [-0.3, -0.25) is 4.98 Å². The smallest absolute Gasteiger partial charge is 0.0551 e. The number of pyridine rings is 1. The Labute approximate surface area is 96.4 Å². The van der Waals surface area contributed by atoms with Crippen LogP contribution in [-0.2, 0) is 4.74 Å². The standard InChI is InChI=1S/C12H19N3O/c1-12(3-5-16-6-4-12)15-11-7-10(13-2)8-14-9-11/h7-9,13,15H,3-6H2,1-2H3. The third-order valence-corrected chi connectivity index (χ3v) is 3.07. The summed E-state index contributed by atoms with van der Waals surface area (Å²) in [5.74, 6) is 0. The summed E-state index contributed by atoms with van der Waals surface area (Å²) in [5.41, 5.74) is 2.23. The minimum absolute atomic E-state index is 0.131. The Hall–Kier alpha value is -1.29. The Kier molecular flexibility index (Phi) is 3.29. The van der Waals surface area contributed by atoms with Gasteiger partial charge in [0.1, 0.15) is 0 Å². The Morgan fingerprint density at radius 3 is 2.62 bits per heavy atom. The normalized spacial score (nSPS) is 19.1. The van der Waals surface area contributed by atoms with E-state index in [0.717, 1.165) is 37.4 Å². The first kappa shape index (κ1) is 11.2. The maximum atomic E-state index is 5.38. The van der Waals surface area contributed by atoms with Gasteiger partial charge < -0.3 is 15.4 Å². The third kappa shape index (κ3) is 2.64. The third-order valence-electron chi connectivity index (χ3n) is 3.07. The molecule has 1 fully saturated rings. The molecule has 16 heavy (non-hydrogen) atoms. The topological polar surface area (TPSA) is 46.2 Å². The zero-order chi connectivity index (χ0) is 11.4. The molecule has 1 aliphatic heterocycles. The molecule has 1 aromatic heterocycles. The van der Waals surface area contributed by atoms with Gasteiger partial charge in [-0.2, -0.15) is 0 Å². The molecule has 1 saturated heterocycles. The van der Waals surface area contributed by atoms with E-state index in [1.807, 2.05) is 19.4 Å². The van der Waals surface area contributed by atoms with Crippen molar-refractivity contribution in [2.75, 3.05) is 30.9 Å². The van der Waals surface area contributed by atoms with Crippen LogP contribution in [0.4, 0.5) is 11.4 Å². The maximum Gasteiger partial charge on any atom is 0.0551 e. The number of hydrogen-bond donors (Lipinski definition) is 2. The van der Waals surface area contributed by atoms with E-state index < -0.39 is 0 Å². The van der Waals surface area contributed by atoms with Gasteiger partial charge >= 0.3 is 0 Å². The first-order chi connectivity index (χ1) is 7.72. The molecule has 4 nitrogen and oxygen atoms in total. The van der Waals surface area contributed by atoms with Crippen molar-refractivity contribution in [1.29, 1.82) is 0 Å².